The minimum absolute atomic E-state index is 0.311. The van der Waals surface area contributed by atoms with Crippen molar-refractivity contribution in [2.75, 3.05) is 0 Å². The quantitative estimate of drug-likeness (QED) is 0.765. The second-order valence-electron chi connectivity index (χ2n) is 4.24. The summed E-state index contributed by atoms with van der Waals surface area (Å²) in [6.07, 6.45) is 1.83. The summed E-state index contributed by atoms with van der Waals surface area (Å²) < 4.78 is 2.03. The lowest BCUT2D eigenvalue weighted by molar-refractivity contribution is 0.606. The molecule has 0 N–H and O–H groups in total. The Morgan fingerprint density at radius 2 is 1.81 bits per heavy atom. The van der Waals surface area contributed by atoms with Crippen molar-refractivity contribution >= 4 is 11.6 Å². The van der Waals surface area contributed by atoms with Crippen LogP contribution in [0.2, 0.25) is 5.28 Å². The summed E-state index contributed by atoms with van der Waals surface area (Å²) in [6, 6.07) is 8.71. The first-order valence-electron chi connectivity index (χ1n) is 5.39. The molecule has 0 fully saturated rings. The number of imidazole rings is 1. The highest BCUT2D eigenvalue weighted by Gasteiger charge is 2.12. The first-order valence-corrected chi connectivity index (χ1v) is 5.77. The van der Waals surface area contributed by atoms with Gasteiger partial charge in [-0.05, 0) is 37.9 Å². The van der Waals surface area contributed by atoms with Gasteiger partial charge >= 0.3 is 0 Å². The highest BCUT2D eigenvalue weighted by atomic mass is 35.5. The third kappa shape index (κ3) is 1.98. The Morgan fingerprint density at radius 1 is 1.19 bits per heavy atom. The lowest BCUT2D eigenvalue weighted by Gasteiger charge is -2.13. The number of nitrogens with zero attached hydrogens (tertiary/aromatic N) is 2. The fraction of sp³-hybridized carbons (Fsp3) is 0.308. The smallest absolute Gasteiger partial charge is 0.203 e. The molecule has 84 valence electrons. The molecule has 0 radical (unpaired) electrons. The predicted molar refractivity (Wildman–Crippen MR) is 67.8 cm³/mol. The van der Waals surface area contributed by atoms with E-state index in [0.717, 1.165) is 11.3 Å². The SMILES string of the molecule is Cc1ccc(-c2cnc(Cl)n2C(C)C)cc1. The van der Waals surface area contributed by atoms with Crippen LogP contribution < -0.4 is 0 Å². The fourth-order valence-corrected chi connectivity index (χ4v) is 2.10. The van der Waals surface area contributed by atoms with Crippen molar-refractivity contribution in [1.82, 2.24) is 9.55 Å². The van der Waals surface area contributed by atoms with E-state index in [1.54, 1.807) is 0 Å². The van der Waals surface area contributed by atoms with E-state index < -0.39 is 0 Å². The van der Waals surface area contributed by atoms with Crippen molar-refractivity contribution in [3.05, 3.63) is 41.3 Å². The van der Waals surface area contributed by atoms with Crippen molar-refractivity contribution in [2.24, 2.45) is 0 Å². The Bertz CT molecular complexity index is 483. The molecular weight excluding hydrogens is 220 g/mol. The summed E-state index contributed by atoms with van der Waals surface area (Å²) in [7, 11) is 0. The van der Waals surface area contributed by atoms with Gasteiger partial charge in [-0.2, -0.15) is 0 Å². The Labute approximate surface area is 101 Å². The van der Waals surface area contributed by atoms with Crippen LogP contribution in [0.25, 0.3) is 11.3 Å². The number of benzene rings is 1. The van der Waals surface area contributed by atoms with Crippen LogP contribution in [0.5, 0.6) is 0 Å². The average molecular weight is 235 g/mol. The Kier molecular flexibility index (Phi) is 3.01. The maximum absolute atomic E-state index is 6.07. The third-order valence-electron chi connectivity index (χ3n) is 2.62. The van der Waals surface area contributed by atoms with Crippen molar-refractivity contribution in [3.63, 3.8) is 0 Å². The lowest BCUT2D eigenvalue weighted by Crippen LogP contribution is -2.02. The van der Waals surface area contributed by atoms with Crippen LogP contribution in [-0.2, 0) is 0 Å². The molecule has 0 spiro atoms. The summed E-state index contributed by atoms with van der Waals surface area (Å²) in [4.78, 5) is 4.17. The maximum Gasteiger partial charge on any atom is 0.203 e. The first-order chi connectivity index (χ1) is 7.59. The molecule has 0 amide bonds. The number of aromatic nitrogens is 2. The molecular formula is C13H15ClN2. The number of aryl methyl sites for hydroxylation is 1. The van der Waals surface area contributed by atoms with Gasteiger partial charge in [0.25, 0.3) is 0 Å². The molecule has 0 aliphatic carbocycles. The Balaban J connectivity index is 2.52. The first kappa shape index (κ1) is 11.2. The molecule has 0 aliphatic heterocycles. The summed E-state index contributed by atoms with van der Waals surface area (Å²) >= 11 is 6.07. The van der Waals surface area contributed by atoms with Gasteiger partial charge in [0.1, 0.15) is 0 Å². The Hall–Kier alpha value is -1.28. The fourth-order valence-electron chi connectivity index (χ4n) is 1.77. The standard InChI is InChI=1S/C13H15ClN2/c1-9(2)16-12(8-15-13(16)14)11-6-4-10(3)5-7-11/h4-9H,1-3H3. The van der Waals surface area contributed by atoms with Crippen molar-refractivity contribution in [2.45, 2.75) is 26.8 Å². The van der Waals surface area contributed by atoms with Crippen LogP contribution in [0.4, 0.5) is 0 Å². The van der Waals surface area contributed by atoms with Gasteiger partial charge in [-0.3, -0.25) is 0 Å². The minimum Gasteiger partial charge on any atom is -0.312 e. The summed E-state index contributed by atoms with van der Waals surface area (Å²) in [5.41, 5.74) is 3.48. The second kappa shape index (κ2) is 4.30. The van der Waals surface area contributed by atoms with E-state index >= 15 is 0 Å². The monoisotopic (exact) mass is 234 g/mol. The zero-order chi connectivity index (χ0) is 11.7. The molecule has 0 saturated heterocycles. The largest absolute Gasteiger partial charge is 0.312 e. The molecule has 1 aromatic heterocycles. The van der Waals surface area contributed by atoms with Crippen LogP contribution in [0.15, 0.2) is 30.5 Å². The van der Waals surface area contributed by atoms with Gasteiger partial charge < -0.3 is 4.57 Å². The van der Waals surface area contributed by atoms with E-state index in [-0.39, 0.29) is 0 Å². The third-order valence-corrected chi connectivity index (χ3v) is 2.90. The van der Waals surface area contributed by atoms with E-state index in [4.69, 9.17) is 11.6 Å². The second-order valence-corrected chi connectivity index (χ2v) is 4.58. The molecule has 1 heterocycles. The van der Waals surface area contributed by atoms with Crippen molar-refractivity contribution in [1.29, 1.82) is 0 Å². The van der Waals surface area contributed by atoms with E-state index in [2.05, 4.69) is 50.0 Å². The van der Waals surface area contributed by atoms with Gasteiger partial charge in [0, 0.05) is 6.04 Å². The predicted octanol–water partition coefficient (Wildman–Crippen LogP) is 4.09. The maximum atomic E-state index is 6.07. The minimum atomic E-state index is 0.311. The molecule has 2 aromatic rings. The average Bonchev–Trinajstić information content (AvgIpc) is 2.61. The zero-order valence-corrected chi connectivity index (χ0v) is 10.5. The molecule has 2 nitrogen and oxygen atoms in total. The van der Waals surface area contributed by atoms with Gasteiger partial charge in [-0.15, -0.1) is 0 Å². The van der Waals surface area contributed by atoms with Gasteiger partial charge in [0.15, 0.2) is 0 Å². The van der Waals surface area contributed by atoms with Crippen molar-refractivity contribution in [3.8, 4) is 11.3 Å². The molecule has 0 atom stereocenters. The molecule has 0 bridgehead atoms. The number of halogens is 1. The van der Waals surface area contributed by atoms with E-state index in [9.17, 15) is 0 Å². The normalized spacial score (nSPS) is 11.1. The summed E-state index contributed by atoms with van der Waals surface area (Å²) in [6.45, 7) is 6.28. The van der Waals surface area contributed by atoms with Crippen LogP contribution in [-0.4, -0.2) is 9.55 Å². The van der Waals surface area contributed by atoms with Crippen LogP contribution >= 0.6 is 11.6 Å². The zero-order valence-electron chi connectivity index (χ0n) is 9.74. The van der Waals surface area contributed by atoms with Crippen molar-refractivity contribution < 1.29 is 0 Å². The molecule has 2 rings (SSSR count). The van der Waals surface area contributed by atoms with Gasteiger partial charge in [-0.25, -0.2) is 4.98 Å². The molecule has 1 aromatic carbocycles. The van der Waals surface area contributed by atoms with Gasteiger partial charge in [0.2, 0.25) is 5.28 Å². The summed E-state index contributed by atoms with van der Waals surface area (Å²) in [5.74, 6) is 0. The molecule has 0 saturated carbocycles. The lowest BCUT2D eigenvalue weighted by atomic mass is 10.1. The topological polar surface area (TPSA) is 17.8 Å². The van der Waals surface area contributed by atoms with Crippen LogP contribution in [0, 0.1) is 6.92 Å². The highest BCUT2D eigenvalue weighted by Crippen LogP contribution is 2.26. The molecule has 0 aliphatic rings. The number of hydrogen-bond donors (Lipinski definition) is 0. The number of hydrogen-bond acceptors (Lipinski definition) is 1. The molecule has 16 heavy (non-hydrogen) atoms. The highest BCUT2D eigenvalue weighted by molar-refractivity contribution is 6.28. The van der Waals surface area contributed by atoms with Gasteiger partial charge in [-0.1, -0.05) is 29.8 Å². The van der Waals surface area contributed by atoms with Gasteiger partial charge in [0.05, 0.1) is 11.9 Å². The molecule has 0 unspecified atom stereocenters. The van der Waals surface area contributed by atoms with Crippen LogP contribution in [0.1, 0.15) is 25.5 Å². The summed E-state index contributed by atoms with van der Waals surface area (Å²) in [5, 5.41) is 0.547. The number of rotatable bonds is 2. The van der Waals surface area contributed by atoms with E-state index in [0.29, 0.717) is 11.3 Å². The van der Waals surface area contributed by atoms with E-state index in [1.165, 1.54) is 5.56 Å². The Morgan fingerprint density at radius 3 is 2.38 bits per heavy atom. The molecule has 3 heteroatoms. The van der Waals surface area contributed by atoms with Crippen LogP contribution in [0.3, 0.4) is 0 Å². The van der Waals surface area contributed by atoms with E-state index in [1.807, 2.05) is 10.8 Å².